The monoisotopic (exact) mass is 322 g/mol. The first-order valence-electron chi connectivity index (χ1n) is 7.74. The highest BCUT2D eigenvalue weighted by Gasteiger charge is 2.22. The zero-order valence-corrected chi connectivity index (χ0v) is 13.5. The molecule has 0 saturated carbocycles. The predicted octanol–water partition coefficient (Wildman–Crippen LogP) is 3.06. The summed E-state index contributed by atoms with van der Waals surface area (Å²) in [6.07, 6.45) is 0.683. The van der Waals surface area contributed by atoms with Crippen LogP contribution in [-0.4, -0.2) is 15.6 Å². The fourth-order valence-electron chi connectivity index (χ4n) is 2.86. The van der Waals surface area contributed by atoms with Gasteiger partial charge in [0.25, 0.3) is 11.5 Å². The number of para-hydroxylation sites is 1. The van der Waals surface area contributed by atoms with Gasteiger partial charge in [-0.1, -0.05) is 37.3 Å². The average molecular weight is 322 g/mol. The molecule has 24 heavy (non-hydrogen) atoms. The Bertz CT molecular complexity index is 975. The minimum Gasteiger partial charge on any atom is -0.506 e. The summed E-state index contributed by atoms with van der Waals surface area (Å²) < 4.78 is 1.40. The van der Waals surface area contributed by atoms with E-state index in [1.165, 1.54) is 4.57 Å². The maximum Gasteiger partial charge on any atom is 0.267 e. The number of nitrogens with zero attached hydrogens (tertiary/aromatic N) is 1. The Hall–Kier alpha value is -3.08. The van der Waals surface area contributed by atoms with Crippen LogP contribution in [-0.2, 0) is 13.5 Å². The van der Waals surface area contributed by atoms with E-state index in [2.05, 4.69) is 5.32 Å². The molecule has 0 saturated heterocycles. The van der Waals surface area contributed by atoms with Gasteiger partial charge in [-0.05, 0) is 30.2 Å². The maximum atomic E-state index is 12.6. The van der Waals surface area contributed by atoms with Gasteiger partial charge in [-0.15, -0.1) is 0 Å². The number of carbonyl (C=O) groups is 1. The number of nitrogens with one attached hydrogen (secondary N) is 1. The van der Waals surface area contributed by atoms with Gasteiger partial charge in [0.15, 0.2) is 0 Å². The van der Waals surface area contributed by atoms with Crippen molar-refractivity contribution in [3.05, 3.63) is 70.0 Å². The Morgan fingerprint density at radius 3 is 2.50 bits per heavy atom. The van der Waals surface area contributed by atoms with Crippen LogP contribution in [0.25, 0.3) is 10.9 Å². The lowest BCUT2D eigenvalue weighted by Crippen LogP contribution is -2.28. The van der Waals surface area contributed by atoms with Gasteiger partial charge in [-0.2, -0.15) is 0 Å². The van der Waals surface area contributed by atoms with Crippen molar-refractivity contribution in [2.24, 2.45) is 7.05 Å². The molecule has 0 spiro atoms. The highest BCUT2D eigenvalue weighted by Crippen LogP contribution is 2.30. The van der Waals surface area contributed by atoms with Gasteiger partial charge in [0, 0.05) is 18.1 Å². The molecule has 0 unspecified atom stereocenters. The van der Waals surface area contributed by atoms with Crippen LogP contribution in [0, 0.1) is 0 Å². The van der Waals surface area contributed by atoms with E-state index in [4.69, 9.17) is 0 Å². The largest absolute Gasteiger partial charge is 0.506 e. The number of carbonyl (C=O) groups excluding carboxylic acids is 1. The summed E-state index contributed by atoms with van der Waals surface area (Å²) in [5, 5.41) is 13.8. The molecule has 2 N–H and O–H groups in total. The molecule has 1 heterocycles. The number of amides is 1. The normalized spacial score (nSPS) is 10.8. The topological polar surface area (TPSA) is 71.3 Å². The van der Waals surface area contributed by atoms with Crippen LogP contribution in [0.5, 0.6) is 5.75 Å². The molecule has 5 heteroatoms. The molecule has 2 aromatic carbocycles. The number of hydrogen-bond acceptors (Lipinski definition) is 3. The lowest BCUT2D eigenvalue weighted by atomic mass is 10.0. The van der Waals surface area contributed by atoms with Gasteiger partial charge < -0.3 is 15.0 Å². The van der Waals surface area contributed by atoms with Gasteiger partial charge in [0.05, 0.1) is 5.52 Å². The SMILES string of the molecule is CCc1cccc2c1c(O)c(C(=O)Nc1ccccc1)c(=O)n2C. The number of hydrogen-bond donors (Lipinski definition) is 2. The molecule has 122 valence electrons. The third-order valence-corrected chi connectivity index (χ3v) is 4.12. The average Bonchev–Trinajstić information content (AvgIpc) is 2.60. The molecule has 3 rings (SSSR count). The Labute approximate surface area is 139 Å². The number of aryl methyl sites for hydroxylation is 2. The van der Waals surface area contributed by atoms with E-state index in [0.717, 1.165) is 5.56 Å². The molecule has 3 aromatic rings. The number of aromatic hydroxyl groups is 1. The van der Waals surface area contributed by atoms with E-state index in [-0.39, 0.29) is 11.3 Å². The number of rotatable bonds is 3. The first-order valence-corrected chi connectivity index (χ1v) is 7.74. The molecule has 0 radical (unpaired) electrons. The van der Waals surface area contributed by atoms with E-state index in [0.29, 0.717) is 23.0 Å². The van der Waals surface area contributed by atoms with Crippen molar-refractivity contribution in [1.29, 1.82) is 0 Å². The van der Waals surface area contributed by atoms with Crippen LogP contribution in [0.1, 0.15) is 22.8 Å². The zero-order chi connectivity index (χ0) is 17.3. The molecule has 0 fully saturated rings. The van der Waals surface area contributed by atoms with E-state index >= 15 is 0 Å². The molecule has 0 aliphatic heterocycles. The van der Waals surface area contributed by atoms with Crippen LogP contribution in [0.3, 0.4) is 0 Å². The smallest absolute Gasteiger partial charge is 0.267 e. The number of anilines is 1. The maximum absolute atomic E-state index is 12.6. The predicted molar refractivity (Wildman–Crippen MR) is 94.6 cm³/mol. The van der Waals surface area contributed by atoms with Crippen molar-refractivity contribution in [1.82, 2.24) is 4.57 Å². The Morgan fingerprint density at radius 2 is 1.83 bits per heavy atom. The van der Waals surface area contributed by atoms with Crippen molar-refractivity contribution >= 4 is 22.5 Å². The molecule has 0 atom stereocenters. The molecule has 0 aliphatic rings. The number of benzene rings is 2. The van der Waals surface area contributed by atoms with E-state index in [1.807, 2.05) is 25.1 Å². The highest BCUT2D eigenvalue weighted by atomic mass is 16.3. The van der Waals surface area contributed by atoms with Crippen LogP contribution >= 0.6 is 0 Å². The van der Waals surface area contributed by atoms with Gasteiger partial charge >= 0.3 is 0 Å². The molecule has 1 amide bonds. The summed E-state index contributed by atoms with van der Waals surface area (Å²) in [7, 11) is 1.60. The standard InChI is InChI=1S/C19H18N2O3/c1-3-12-8-7-11-14-15(12)17(22)16(19(24)21(14)2)18(23)20-13-9-5-4-6-10-13/h4-11,22H,3H2,1-2H3,(H,20,23). The molecular weight excluding hydrogens is 304 g/mol. The molecule has 0 bridgehead atoms. The number of fused-ring (bicyclic) bond motifs is 1. The third kappa shape index (κ3) is 2.54. The molecule has 1 aromatic heterocycles. The van der Waals surface area contributed by atoms with Gasteiger partial charge in [-0.25, -0.2) is 0 Å². The second kappa shape index (κ2) is 6.20. The summed E-state index contributed by atoms with van der Waals surface area (Å²) in [4.78, 5) is 25.1. The Kier molecular flexibility index (Phi) is 4.08. The van der Waals surface area contributed by atoms with Crippen molar-refractivity contribution in [3.8, 4) is 5.75 Å². The quantitative estimate of drug-likeness (QED) is 0.778. The van der Waals surface area contributed by atoms with Crippen LogP contribution in [0.2, 0.25) is 0 Å². The lowest BCUT2D eigenvalue weighted by Gasteiger charge is -2.14. The zero-order valence-electron chi connectivity index (χ0n) is 13.5. The minimum atomic E-state index is -0.618. The second-order valence-corrected chi connectivity index (χ2v) is 5.57. The van der Waals surface area contributed by atoms with Crippen LogP contribution in [0.15, 0.2) is 53.3 Å². The number of pyridine rings is 1. The van der Waals surface area contributed by atoms with Crippen LogP contribution in [0.4, 0.5) is 5.69 Å². The van der Waals surface area contributed by atoms with E-state index < -0.39 is 11.5 Å². The minimum absolute atomic E-state index is 0.241. The number of aromatic nitrogens is 1. The second-order valence-electron chi connectivity index (χ2n) is 5.57. The fourth-order valence-corrected chi connectivity index (χ4v) is 2.86. The lowest BCUT2D eigenvalue weighted by molar-refractivity contribution is 0.102. The van der Waals surface area contributed by atoms with E-state index in [9.17, 15) is 14.7 Å². The van der Waals surface area contributed by atoms with Crippen molar-refractivity contribution in [2.45, 2.75) is 13.3 Å². The van der Waals surface area contributed by atoms with Crippen molar-refractivity contribution in [3.63, 3.8) is 0 Å². The van der Waals surface area contributed by atoms with Gasteiger partial charge in [-0.3, -0.25) is 9.59 Å². The third-order valence-electron chi connectivity index (χ3n) is 4.12. The first kappa shape index (κ1) is 15.8. The molecule has 0 aliphatic carbocycles. The molecule has 5 nitrogen and oxygen atoms in total. The van der Waals surface area contributed by atoms with Crippen molar-refractivity contribution < 1.29 is 9.90 Å². The summed E-state index contributed by atoms with van der Waals surface area (Å²) in [5.74, 6) is -0.883. The summed E-state index contributed by atoms with van der Waals surface area (Å²) in [6.45, 7) is 1.96. The van der Waals surface area contributed by atoms with Crippen LogP contribution < -0.4 is 10.9 Å². The van der Waals surface area contributed by atoms with Gasteiger partial charge in [0.2, 0.25) is 0 Å². The summed E-state index contributed by atoms with van der Waals surface area (Å²) >= 11 is 0. The van der Waals surface area contributed by atoms with Gasteiger partial charge in [0.1, 0.15) is 11.3 Å². The fraction of sp³-hybridized carbons (Fsp3) is 0.158. The summed E-state index contributed by atoms with van der Waals surface area (Å²) in [6, 6.07) is 14.3. The van der Waals surface area contributed by atoms with E-state index in [1.54, 1.807) is 37.4 Å². The molecular formula is C19H18N2O3. The Balaban J connectivity index is 2.21. The van der Waals surface area contributed by atoms with Crippen molar-refractivity contribution in [2.75, 3.05) is 5.32 Å². The highest BCUT2D eigenvalue weighted by molar-refractivity contribution is 6.09. The summed E-state index contributed by atoms with van der Waals surface area (Å²) in [5.41, 5.74) is 1.28. The Morgan fingerprint density at radius 1 is 1.12 bits per heavy atom. The first-order chi connectivity index (χ1) is 11.5.